The summed E-state index contributed by atoms with van der Waals surface area (Å²) in [6, 6.07) is 53.7. The summed E-state index contributed by atoms with van der Waals surface area (Å²) in [7, 11) is 0. The van der Waals surface area contributed by atoms with Crippen LogP contribution in [-0.2, 0) is 0 Å². The Hall–Kier alpha value is -5.34. The molecule has 0 saturated heterocycles. The van der Waals surface area contributed by atoms with Crippen molar-refractivity contribution in [1.82, 2.24) is 0 Å². The first-order valence-corrected chi connectivity index (χ1v) is 13.6. The molecular weight excluding hydrogens is 486 g/mol. The van der Waals surface area contributed by atoms with Gasteiger partial charge in [0.15, 0.2) is 0 Å². The van der Waals surface area contributed by atoms with Crippen molar-refractivity contribution in [2.45, 2.75) is 0 Å². The fraction of sp³-hybridized carbons (Fsp3) is 0. The van der Waals surface area contributed by atoms with Crippen molar-refractivity contribution in [2.75, 3.05) is 4.90 Å². The van der Waals surface area contributed by atoms with E-state index in [1.54, 1.807) is 0 Å². The van der Waals surface area contributed by atoms with Crippen LogP contribution in [0.2, 0.25) is 0 Å². The maximum atomic E-state index is 6.52. The van der Waals surface area contributed by atoms with E-state index < -0.39 is 0 Å². The third kappa shape index (κ3) is 3.58. The number of fused-ring (bicyclic) bond motifs is 6. The second-order valence-corrected chi connectivity index (χ2v) is 10.2. The Kier molecular flexibility index (Phi) is 5.17. The van der Waals surface area contributed by atoms with Crippen molar-refractivity contribution in [3.05, 3.63) is 152 Å². The molecule has 188 valence electrons. The van der Waals surface area contributed by atoms with E-state index >= 15 is 0 Å². The van der Waals surface area contributed by atoms with Gasteiger partial charge in [0.2, 0.25) is 0 Å². The van der Waals surface area contributed by atoms with Crippen LogP contribution in [0.15, 0.2) is 156 Å². The van der Waals surface area contributed by atoms with Crippen molar-refractivity contribution in [2.24, 2.45) is 0 Å². The number of hydrogen-bond acceptors (Lipinski definition) is 2. The van der Waals surface area contributed by atoms with E-state index in [2.05, 4.69) is 150 Å². The van der Waals surface area contributed by atoms with Crippen LogP contribution < -0.4 is 4.90 Å². The fourth-order valence-corrected chi connectivity index (χ4v) is 5.98. The summed E-state index contributed by atoms with van der Waals surface area (Å²) in [5, 5.41) is 7.04. The van der Waals surface area contributed by atoms with Crippen LogP contribution in [0.1, 0.15) is 0 Å². The van der Waals surface area contributed by atoms with E-state index in [0.717, 1.165) is 39.0 Å². The van der Waals surface area contributed by atoms with Crippen LogP contribution in [0.4, 0.5) is 17.1 Å². The highest BCUT2D eigenvalue weighted by atomic mass is 16.3. The van der Waals surface area contributed by atoms with Gasteiger partial charge in [0.05, 0.1) is 11.1 Å². The van der Waals surface area contributed by atoms with Crippen LogP contribution in [0.25, 0.3) is 54.6 Å². The van der Waals surface area contributed by atoms with Crippen LogP contribution >= 0.6 is 0 Å². The minimum absolute atomic E-state index is 0.891. The zero-order valence-corrected chi connectivity index (χ0v) is 21.8. The van der Waals surface area contributed by atoms with Crippen molar-refractivity contribution in [3.63, 3.8) is 0 Å². The van der Waals surface area contributed by atoms with Crippen LogP contribution in [0, 0.1) is 0 Å². The minimum atomic E-state index is 0.891. The lowest BCUT2D eigenvalue weighted by molar-refractivity contribution is 0.669. The summed E-state index contributed by atoms with van der Waals surface area (Å²) in [6.45, 7) is 0. The molecule has 0 aliphatic rings. The maximum Gasteiger partial charge on any atom is 0.138 e. The van der Waals surface area contributed by atoms with E-state index in [1.165, 1.54) is 32.7 Å². The molecule has 8 aromatic rings. The van der Waals surface area contributed by atoms with E-state index in [1.807, 2.05) is 6.07 Å². The molecule has 0 bridgehead atoms. The lowest BCUT2D eigenvalue weighted by Crippen LogP contribution is -2.11. The van der Waals surface area contributed by atoms with E-state index in [4.69, 9.17) is 4.42 Å². The van der Waals surface area contributed by atoms with Gasteiger partial charge in [0, 0.05) is 22.1 Å². The number of para-hydroxylation sites is 2. The fourth-order valence-electron chi connectivity index (χ4n) is 5.98. The van der Waals surface area contributed by atoms with Gasteiger partial charge in [-0.3, -0.25) is 0 Å². The van der Waals surface area contributed by atoms with Gasteiger partial charge in [0.25, 0.3) is 0 Å². The molecule has 0 aliphatic carbocycles. The predicted octanol–water partition coefficient (Wildman–Crippen LogP) is 11.0. The molecule has 0 unspecified atom stereocenters. The quantitative estimate of drug-likeness (QED) is 0.218. The Morgan fingerprint density at radius 2 is 1.02 bits per heavy atom. The summed E-state index contributed by atoms with van der Waals surface area (Å²) >= 11 is 0. The van der Waals surface area contributed by atoms with Gasteiger partial charge < -0.3 is 9.32 Å². The first-order chi connectivity index (χ1) is 19.8. The van der Waals surface area contributed by atoms with Crippen LogP contribution in [-0.4, -0.2) is 0 Å². The Labute approximate surface area is 232 Å². The SMILES string of the molecule is c1ccc(-c2ccc(N(c3ccccc3)c3c4ccc5ccccc5c4cc4oc5ccccc5c34)cc2)cc1. The summed E-state index contributed by atoms with van der Waals surface area (Å²) in [5.74, 6) is 0. The molecule has 7 aromatic carbocycles. The topological polar surface area (TPSA) is 16.4 Å². The number of rotatable bonds is 4. The number of anilines is 3. The summed E-state index contributed by atoms with van der Waals surface area (Å²) < 4.78 is 6.52. The molecule has 40 heavy (non-hydrogen) atoms. The molecule has 0 N–H and O–H groups in total. The molecule has 0 fully saturated rings. The molecule has 1 aromatic heterocycles. The van der Waals surface area contributed by atoms with Crippen LogP contribution in [0.3, 0.4) is 0 Å². The highest BCUT2D eigenvalue weighted by Gasteiger charge is 2.23. The first kappa shape index (κ1) is 22.6. The summed E-state index contributed by atoms with van der Waals surface area (Å²) in [5.41, 5.74) is 7.51. The van der Waals surface area contributed by atoms with Crippen molar-refractivity contribution < 1.29 is 4.42 Å². The zero-order chi connectivity index (χ0) is 26.5. The molecule has 0 saturated carbocycles. The molecule has 1 heterocycles. The zero-order valence-electron chi connectivity index (χ0n) is 21.8. The monoisotopic (exact) mass is 511 g/mol. The number of furan rings is 1. The standard InChI is InChI=1S/C38H25NO/c1-3-11-26(12-4-1)27-19-22-30(23-20-27)39(29-14-5-2-6-15-29)38-32-24-21-28-13-7-8-16-31(28)34(32)25-36-37(38)33-17-9-10-18-35(33)40-36/h1-25H. The summed E-state index contributed by atoms with van der Waals surface area (Å²) in [6.07, 6.45) is 0. The van der Waals surface area contributed by atoms with Crippen LogP contribution in [0.5, 0.6) is 0 Å². The average Bonchev–Trinajstić information content (AvgIpc) is 3.40. The highest BCUT2D eigenvalue weighted by molar-refractivity contribution is 6.25. The molecule has 0 aliphatic heterocycles. The lowest BCUT2D eigenvalue weighted by Gasteiger charge is -2.28. The molecule has 2 nitrogen and oxygen atoms in total. The second-order valence-electron chi connectivity index (χ2n) is 10.2. The van der Waals surface area contributed by atoms with E-state index in [-0.39, 0.29) is 0 Å². The third-order valence-corrected chi connectivity index (χ3v) is 7.83. The molecule has 8 rings (SSSR count). The van der Waals surface area contributed by atoms with E-state index in [9.17, 15) is 0 Å². The molecule has 0 atom stereocenters. The number of hydrogen-bond donors (Lipinski definition) is 0. The number of benzene rings is 7. The normalized spacial score (nSPS) is 11.5. The average molecular weight is 512 g/mol. The largest absolute Gasteiger partial charge is 0.456 e. The van der Waals surface area contributed by atoms with Gasteiger partial charge in [0.1, 0.15) is 11.2 Å². The Bertz CT molecular complexity index is 2140. The Balaban J connectivity index is 1.48. The molecule has 2 heteroatoms. The second kappa shape index (κ2) is 9.14. The van der Waals surface area contributed by atoms with Gasteiger partial charge in [-0.15, -0.1) is 0 Å². The predicted molar refractivity (Wildman–Crippen MR) is 169 cm³/mol. The van der Waals surface area contributed by atoms with E-state index in [0.29, 0.717) is 0 Å². The summed E-state index contributed by atoms with van der Waals surface area (Å²) in [4.78, 5) is 2.39. The third-order valence-electron chi connectivity index (χ3n) is 7.83. The Morgan fingerprint density at radius 1 is 0.400 bits per heavy atom. The molecule has 0 radical (unpaired) electrons. The van der Waals surface area contributed by atoms with Crippen molar-refractivity contribution >= 4 is 60.5 Å². The number of nitrogens with zero attached hydrogens (tertiary/aromatic N) is 1. The minimum Gasteiger partial charge on any atom is -0.456 e. The molecule has 0 amide bonds. The molecule has 0 spiro atoms. The first-order valence-electron chi connectivity index (χ1n) is 13.6. The van der Waals surface area contributed by atoms with Gasteiger partial charge >= 0.3 is 0 Å². The van der Waals surface area contributed by atoms with Gasteiger partial charge in [-0.25, -0.2) is 0 Å². The van der Waals surface area contributed by atoms with Gasteiger partial charge in [-0.05, 0) is 63.7 Å². The lowest BCUT2D eigenvalue weighted by atomic mass is 9.96. The van der Waals surface area contributed by atoms with Gasteiger partial charge in [-0.2, -0.15) is 0 Å². The molecular formula is C38H25NO. The smallest absolute Gasteiger partial charge is 0.138 e. The van der Waals surface area contributed by atoms with Crippen molar-refractivity contribution in [1.29, 1.82) is 0 Å². The highest BCUT2D eigenvalue weighted by Crippen LogP contribution is 2.48. The van der Waals surface area contributed by atoms with Gasteiger partial charge in [-0.1, -0.05) is 115 Å². The van der Waals surface area contributed by atoms with Crippen molar-refractivity contribution in [3.8, 4) is 11.1 Å². The Morgan fingerprint density at radius 3 is 1.82 bits per heavy atom. The maximum absolute atomic E-state index is 6.52.